The Balaban J connectivity index is 1.68. The van der Waals surface area contributed by atoms with Gasteiger partial charge in [-0.3, -0.25) is 5.43 Å². The molecule has 1 heterocycles. The molecule has 2 aromatic carbocycles. The molecule has 1 N–H and O–H groups in total. The normalized spacial score (nSPS) is 11.6. The molecule has 9 heteroatoms. The zero-order chi connectivity index (χ0) is 20.9. The smallest absolute Gasteiger partial charge is 0.417 e. The highest BCUT2D eigenvalue weighted by Crippen LogP contribution is 2.29. The second-order valence-corrected chi connectivity index (χ2v) is 6.81. The van der Waals surface area contributed by atoms with Crippen LogP contribution in [0.4, 0.5) is 23.4 Å². The number of benzene rings is 2. The van der Waals surface area contributed by atoms with E-state index in [1.54, 1.807) is 30.3 Å². The average molecular weight is 468 g/mol. The van der Waals surface area contributed by atoms with E-state index in [1.807, 2.05) is 0 Å². The Labute approximate surface area is 172 Å². The van der Waals surface area contributed by atoms with Crippen molar-refractivity contribution in [1.29, 1.82) is 0 Å². The quantitative estimate of drug-likeness (QED) is 0.273. The minimum absolute atomic E-state index is 0.165. The molecule has 0 aliphatic carbocycles. The van der Waals surface area contributed by atoms with Crippen molar-refractivity contribution in [3.05, 3.63) is 87.8 Å². The van der Waals surface area contributed by atoms with Crippen LogP contribution in [0.1, 0.15) is 16.7 Å². The van der Waals surface area contributed by atoms with E-state index in [4.69, 9.17) is 4.74 Å². The molecule has 0 radical (unpaired) electrons. The van der Waals surface area contributed by atoms with Crippen LogP contribution in [0.25, 0.3) is 0 Å². The monoisotopic (exact) mass is 467 g/mol. The number of pyridine rings is 1. The number of ether oxygens (including phenoxy) is 1. The first-order valence-corrected chi connectivity index (χ1v) is 9.10. The Bertz CT molecular complexity index is 990. The van der Waals surface area contributed by atoms with Crippen molar-refractivity contribution in [2.24, 2.45) is 5.10 Å². The van der Waals surface area contributed by atoms with Crippen molar-refractivity contribution in [3.8, 4) is 5.75 Å². The van der Waals surface area contributed by atoms with Crippen LogP contribution in [0.5, 0.6) is 5.75 Å². The second kappa shape index (κ2) is 9.04. The first-order valence-electron chi connectivity index (χ1n) is 8.30. The van der Waals surface area contributed by atoms with E-state index in [0.29, 0.717) is 11.3 Å². The summed E-state index contributed by atoms with van der Waals surface area (Å²) in [6, 6.07) is 13.4. The molecular weight excluding hydrogens is 454 g/mol. The predicted molar refractivity (Wildman–Crippen MR) is 105 cm³/mol. The van der Waals surface area contributed by atoms with Gasteiger partial charge in [-0.25, -0.2) is 9.37 Å². The van der Waals surface area contributed by atoms with Gasteiger partial charge in [-0.1, -0.05) is 28.1 Å². The molecule has 0 aliphatic heterocycles. The molecule has 0 atom stereocenters. The Morgan fingerprint density at radius 3 is 2.48 bits per heavy atom. The van der Waals surface area contributed by atoms with E-state index in [2.05, 4.69) is 31.4 Å². The first kappa shape index (κ1) is 20.8. The molecule has 3 aromatic rings. The molecule has 150 valence electrons. The molecule has 0 amide bonds. The van der Waals surface area contributed by atoms with Crippen LogP contribution in [0.15, 0.2) is 70.4 Å². The van der Waals surface area contributed by atoms with Gasteiger partial charge in [0.05, 0.1) is 11.8 Å². The van der Waals surface area contributed by atoms with Gasteiger partial charge in [0.15, 0.2) is 0 Å². The summed E-state index contributed by atoms with van der Waals surface area (Å²) in [5, 5.41) is 4.00. The number of hydrogen-bond acceptors (Lipinski definition) is 4. The summed E-state index contributed by atoms with van der Waals surface area (Å²) in [4.78, 5) is 3.68. The number of halogens is 5. The maximum atomic E-state index is 13.0. The summed E-state index contributed by atoms with van der Waals surface area (Å²) in [5.74, 6) is 0.370. The van der Waals surface area contributed by atoms with Gasteiger partial charge in [-0.2, -0.15) is 18.3 Å². The van der Waals surface area contributed by atoms with Crippen LogP contribution in [0, 0.1) is 5.82 Å². The summed E-state index contributed by atoms with van der Waals surface area (Å²) >= 11 is 3.37. The Kier molecular flexibility index (Phi) is 6.48. The largest absolute Gasteiger partial charge is 0.488 e. The number of rotatable bonds is 6. The molecular formula is C20H14BrF4N3O. The number of nitrogens with zero attached hydrogens (tertiary/aromatic N) is 2. The molecule has 0 fully saturated rings. The first-order chi connectivity index (χ1) is 13.8. The lowest BCUT2D eigenvalue weighted by Gasteiger charge is -2.10. The summed E-state index contributed by atoms with van der Waals surface area (Å²) < 4.78 is 57.2. The van der Waals surface area contributed by atoms with Crippen molar-refractivity contribution < 1.29 is 22.3 Å². The zero-order valence-corrected chi connectivity index (χ0v) is 16.3. The predicted octanol–water partition coefficient (Wildman–Crippen LogP) is 6.03. The number of anilines is 1. The van der Waals surface area contributed by atoms with E-state index in [-0.39, 0.29) is 18.2 Å². The fourth-order valence-corrected chi connectivity index (χ4v) is 2.67. The molecule has 0 unspecified atom stereocenters. The molecule has 0 bridgehead atoms. The van der Waals surface area contributed by atoms with Crippen molar-refractivity contribution in [2.45, 2.75) is 12.8 Å². The highest BCUT2D eigenvalue weighted by Gasteiger charge is 2.30. The lowest BCUT2D eigenvalue weighted by molar-refractivity contribution is -0.137. The minimum Gasteiger partial charge on any atom is -0.488 e. The van der Waals surface area contributed by atoms with Crippen LogP contribution >= 0.6 is 15.9 Å². The van der Waals surface area contributed by atoms with Crippen molar-refractivity contribution in [2.75, 3.05) is 5.43 Å². The molecule has 1 aromatic heterocycles. The Morgan fingerprint density at radius 2 is 1.83 bits per heavy atom. The number of hydrazone groups is 1. The zero-order valence-electron chi connectivity index (χ0n) is 14.8. The van der Waals surface area contributed by atoms with Gasteiger partial charge >= 0.3 is 6.18 Å². The summed E-state index contributed by atoms with van der Waals surface area (Å²) in [7, 11) is 0. The topological polar surface area (TPSA) is 46.5 Å². The molecule has 0 saturated carbocycles. The maximum Gasteiger partial charge on any atom is 0.417 e. The van der Waals surface area contributed by atoms with Crippen LogP contribution in [-0.2, 0) is 12.8 Å². The van der Waals surface area contributed by atoms with E-state index in [9.17, 15) is 17.6 Å². The van der Waals surface area contributed by atoms with E-state index in [0.717, 1.165) is 22.3 Å². The van der Waals surface area contributed by atoms with Gasteiger partial charge in [0, 0.05) is 16.2 Å². The van der Waals surface area contributed by atoms with E-state index in [1.165, 1.54) is 24.4 Å². The van der Waals surface area contributed by atoms with Crippen LogP contribution < -0.4 is 10.2 Å². The molecule has 0 saturated heterocycles. The fourth-order valence-electron chi connectivity index (χ4n) is 2.29. The maximum absolute atomic E-state index is 13.0. The number of hydrogen-bond donors (Lipinski definition) is 1. The standard InChI is InChI=1S/C20H14BrF4N3O/c21-16-4-7-18(29-12-13-1-5-17(22)6-2-13)14(9-16)10-27-28-19-8-3-15(11-26-19)20(23,24)25/h1-11H,12H2,(H,26,28)/b27-10-. The third-order valence-corrected chi connectivity index (χ3v) is 4.25. The Hall–Kier alpha value is -2.94. The second-order valence-electron chi connectivity index (χ2n) is 5.90. The van der Waals surface area contributed by atoms with Gasteiger partial charge in [0.1, 0.15) is 24.0 Å². The fraction of sp³-hybridized carbons (Fsp3) is 0.100. The number of aromatic nitrogens is 1. The molecule has 4 nitrogen and oxygen atoms in total. The number of alkyl halides is 3. The molecule has 29 heavy (non-hydrogen) atoms. The van der Waals surface area contributed by atoms with E-state index < -0.39 is 11.7 Å². The van der Waals surface area contributed by atoms with Crippen molar-refractivity contribution >= 4 is 28.0 Å². The molecule has 3 rings (SSSR count). The van der Waals surface area contributed by atoms with Crippen LogP contribution in [-0.4, -0.2) is 11.2 Å². The summed E-state index contributed by atoms with van der Waals surface area (Å²) in [6.07, 6.45) is -2.25. The van der Waals surface area contributed by atoms with Gasteiger partial charge in [0.25, 0.3) is 0 Å². The minimum atomic E-state index is -4.44. The third kappa shape index (κ3) is 6.02. The van der Waals surface area contributed by atoms with Crippen molar-refractivity contribution in [1.82, 2.24) is 4.98 Å². The highest BCUT2D eigenvalue weighted by atomic mass is 79.9. The lowest BCUT2D eigenvalue weighted by atomic mass is 10.2. The summed E-state index contributed by atoms with van der Waals surface area (Å²) in [5.41, 5.74) is 3.16. The van der Waals surface area contributed by atoms with Gasteiger partial charge in [0.2, 0.25) is 0 Å². The van der Waals surface area contributed by atoms with Crippen LogP contribution in [0.3, 0.4) is 0 Å². The van der Waals surface area contributed by atoms with Gasteiger partial charge < -0.3 is 4.74 Å². The highest BCUT2D eigenvalue weighted by molar-refractivity contribution is 9.10. The van der Waals surface area contributed by atoms with Gasteiger partial charge in [-0.15, -0.1) is 0 Å². The van der Waals surface area contributed by atoms with Crippen LogP contribution in [0.2, 0.25) is 0 Å². The SMILES string of the molecule is Fc1ccc(COc2ccc(Br)cc2/C=N\Nc2ccc(C(F)(F)F)cn2)cc1. The lowest BCUT2D eigenvalue weighted by Crippen LogP contribution is -2.05. The molecule has 0 aliphatic rings. The van der Waals surface area contributed by atoms with E-state index >= 15 is 0 Å². The molecule has 0 spiro atoms. The average Bonchev–Trinajstić information content (AvgIpc) is 2.68. The number of nitrogens with one attached hydrogen (secondary N) is 1. The van der Waals surface area contributed by atoms with Crippen molar-refractivity contribution in [3.63, 3.8) is 0 Å². The third-order valence-electron chi connectivity index (χ3n) is 3.75. The Morgan fingerprint density at radius 1 is 1.07 bits per heavy atom. The van der Waals surface area contributed by atoms with Gasteiger partial charge in [-0.05, 0) is 48.0 Å². The summed E-state index contributed by atoms with van der Waals surface area (Å²) in [6.45, 7) is 0.233.